The highest BCUT2D eigenvalue weighted by Crippen LogP contribution is 2.60. The Labute approximate surface area is 140 Å². The standard InChI is InChI=1S/C19H20N2O3/c22-18(19-8-12-5-13(9-19)7-14(6-12)10-19)24-16-3-1-15(2-4-16)17-21-20-11-23-17/h1-4,11-14H,5-10H2. The van der Waals surface area contributed by atoms with E-state index in [-0.39, 0.29) is 11.4 Å². The summed E-state index contributed by atoms with van der Waals surface area (Å²) in [5.41, 5.74) is 0.599. The molecule has 0 aliphatic heterocycles. The van der Waals surface area contributed by atoms with Gasteiger partial charge in [-0.2, -0.15) is 0 Å². The maximum Gasteiger partial charge on any atom is 0.317 e. The second kappa shape index (κ2) is 5.16. The molecule has 6 rings (SSSR count). The van der Waals surface area contributed by atoms with Crippen LogP contribution >= 0.6 is 0 Å². The van der Waals surface area contributed by atoms with Crippen LogP contribution in [0.3, 0.4) is 0 Å². The van der Waals surface area contributed by atoms with E-state index in [0.717, 1.165) is 42.6 Å². The summed E-state index contributed by atoms with van der Waals surface area (Å²) in [7, 11) is 0. The summed E-state index contributed by atoms with van der Waals surface area (Å²) >= 11 is 0. The van der Waals surface area contributed by atoms with Crippen LogP contribution in [0.2, 0.25) is 0 Å². The van der Waals surface area contributed by atoms with Gasteiger partial charge in [0.1, 0.15) is 5.75 Å². The zero-order valence-electron chi connectivity index (χ0n) is 13.5. The molecule has 2 aromatic rings. The molecule has 4 aliphatic rings. The highest BCUT2D eigenvalue weighted by molar-refractivity contribution is 5.80. The monoisotopic (exact) mass is 324 g/mol. The zero-order chi connectivity index (χ0) is 16.1. The number of aromatic nitrogens is 2. The predicted molar refractivity (Wildman–Crippen MR) is 86.0 cm³/mol. The summed E-state index contributed by atoms with van der Waals surface area (Å²) < 4.78 is 10.9. The third-order valence-corrected chi connectivity index (χ3v) is 6.14. The van der Waals surface area contributed by atoms with E-state index >= 15 is 0 Å². The summed E-state index contributed by atoms with van der Waals surface area (Å²) in [5.74, 6) is 3.26. The fourth-order valence-corrected chi connectivity index (χ4v) is 5.54. The van der Waals surface area contributed by atoms with Gasteiger partial charge in [0.15, 0.2) is 0 Å². The van der Waals surface area contributed by atoms with E-state index in [1.165, 1.54) is 25.7 Å². The van der Waals surface area contributed by atoms with E-state index in [9.17, 15) is 4.79 Å². The third kappa shape index (κ3) is 2.26. The molecule has 4 bridgehead atoms. The molecule has 4 saturated carbocycles. The van der Waals surface area contributed by atoms with Crippen LogP contribution < -0.4 is 4.74 Å². The first kappa shape index (κ1) is 14.2. The molecule has 1 heterocycles. The van der Waals surface area contributed by atoms with Crippen LogP contribution in [-0.4, -0.2) is 16.2 Å². The maximum absolute atomic E-state index is 12.9. The highest BCUT2D eigenvalue weighted by Gasteiger charge is 2.55. The van der Waals surface area contributed by atoms with E-state index in [0.29, 0.717) is 11.6 Å². The van der Waals surface area contributed by atoms with Gasteiger partial charge in [-0.05, 0) is 80.5 Å². The van der Waals surface area contributed by atoms with Gasteiger partial charge in [-0.15, -0.1) is 10.2 Å². The number of nitrogens with zero attached hydrogens (tertiary/aromatic N) is 2. The van der Waals surface area contributed by atoms with E-state index in [4.69, 9.17) is 9.15 Å². The largest absolute Gasteiger partial charge is 0.426 e. The fourth-order valence-electron chi connectivity index (χ4n) is 5.54. The molecule has 4 aliphatic carbocycles. The number of hydrogen-bond acceptors (Lipinski definition) is 5. The summed E-state index contributed by atoms with van der Waals surface area (Å²) in [5, 5.41) is 7.55. The predicted octanol–water partition coefficient (Wildman–Crippen LogP) is 3.86. The van der Waals surface area contributed by atoms with Crippen molar-refractivity contribution in [2.45, 2.75) is 38.5 Å². The Kier molecular flexibility index (Phi) is 3.05. The second-order valence-corrected chi connectivity index (χ2v) is 7.86. The fraction of sp³-hybridized carbons (Fsp3) is 0.526. The molecule has 24 heavy (non-hydrogen) atoms. The Hall–Kier alpha value is -2.17. The van der Waals surface area contributed by atoms with Gasteiger partial charge in [-0.3, -0.25) is 4.79 Å². The van der Waals surface area contributed by atoms with Crippen molar-refractivity contribution >= 4 is 5.97 Å². The molecular formula is C19H20N2O3. The van der Waals surface area contributed by atoms with E-state index in [1.54, 1.807) is 12.1 Å². The Morgan fingerprint density at radius 3 is 2.21 bits per heavy atom. The van der Waals surface area contributed by atoms with Gasteiger partial charge in [0, 0.05) is 5.56 Å². The number of ether oxygens (including phenoxy) is 1. The van der Waals surface area contributed by atoms with Crippen molar-refractivity contribution in [1.82, 2.24) is 10.2 Å². The van der Waals surface area contributed by atoms with Crippen molar-refractivity contribution in [2.24, 2.45) is 23.2 Å². The number of benzene rings is 1. The van der Waals surface area contributed by atoms with Crippen molar-refractivity contribution in [3.8, 4) is 17.2 Å². The van der Waals surface area contributed by atoms with E-state index < -0.39 is 0 Å². The molecule has 0 saturated heterocycles. The number of hydrogen-bond donors (Lipinski definition) is 0. The first-order valence-electron chi connectivity index (χ1n) is 8.79. The molecule has 0 radical (unpaired) electrons. The average Bonchev–Trinajstić information content (AvgIpc) is 3.09. The molecule has 0 amide bonds. The smallest absolute Gasteiger partial charge is 0.317 e. The maximum atomic E-state index is 12.9. The quantitative estimate of drug-likeness (QED) is 0.633. The number of esters is 1. The van der Waals surface area contributed by atoms with Crippen LogP contribution in [0.1, 0.15) is 38.5 Å². The molecule has 4 fully saturated rings. The molecule has 0 spiro atoms. The zero-order valence-corrected chi connectivity index (χ0v) is 13.5. The summed E-state index contributed by atoms with van der Waals surface area (Å²) in [4.78, 5) is 12.9. The van der Waals surface area contributed by atoms with Crippen LogP contribution in [0.25, 0.3) is 11.5 Å². The van der Waals surface area contributed by atoms with Crippen LogP contribution in [-0.2, 0) is 4.79 Å². The Bertz CT molecular complexity index is 716. The minimum Gasteiger partial charge on any atom is -0.426 e. The normalized spacial score (nSPS) is 33.6. The first-order valence-corrected chi connectivity index (χ1v) is 8.79. The third-order valence-electron chi connectivity index (χ3n) is 6.14. The van der Waals surface area contributed by atoms with E-state index in [1.807, 2.05) is 12.1 Å². The molecule has 5 heteroatoms. The lowest BCUT2D eigenvalue weighted by atomic mass is 9.49. The molecule has 1 aromatic carbocycles. The van der Waals surface area contributed by atoms with Crippen molar-refractivity contribution in [3.05, 3.63) is 30.7 Å². The molecule has 1 aromatic heterocycles. The van der Waals surface area contributed by atoms with Gasteiger partial charge in [-0.25, -0.2) is 0 Å². The average molecular weight is 324 g/mol. The molecule has 124 valence electrons. The molecule has 0 atom stereocenters. The minimum absolute atomic E-state index is 0.0212. The number of carbonyl (C=O) groups excluding carboxylic acids is 1. The van der Waals surface area contributed by atoms with Crippen LogP contribution in [0.5, 0.6) is 5.75 Å². The van der Waals surface area contributed by atoms with Crippen molar-refractivity contribution in [1.29, 1.82) is 0 Å². The Balaban J connectivity index is 1.33. The van der Waals surface area contributed by atoms with Crippen molar-refractivity contribution in [2.75, 3.05) is 0 Å². The lowest BCUT2D eigenvalue weighted by Gasteiger charge is -2.55. The van der Waals surface area contributed by atoms with Gasteiger partial charge < -0.3 is 9.15 Å². The highest BCUT2D eigenvalue weighted by atomic mass is 16.5. The van der Waals surface area contributed by atoms with Crippen molar-refractivity contribution in [3.63, 3.8) is 0 Å². The molecule has 5 nitrogen and oxygen atoms in total. The topological polar surface area (TPSA) is 65.2 Å². The van der Waals surface area contributed by atoms with Gasteiger partial charge >= 0.3 is 5.97 Å². The van der Waals surface area contributed by atoms with Gasteiger partial charge in [0.2, 0.25) is 12.3 Å². The second-order valence-electron chi connectivity index (χ2n) is 7.86. The Morgan fingerprint density at radius 1 is 1.04 bits per heavy atom. The van der Waals surface area contributed by atoms with Gasteiger partial charge in [0.05, 0.1) is 5.41 Å². The lowest BCUT2D eigenvalue weighted by Crippen LogP contribution is -2.51. The molecule has 0 N–H and O–H groups in total. The number of rotatable bonds is 3. The van der Waals surface area contributed by atoms with Crippen LogP contribution in [0.4, 0.5) is 0 Å². The van der Waals surface area contributed by atoms with Crippen LogP contribution in [0.15, 0.2) is 35.1 Å². The number of carbonyl (C=O) groups is 1. The lowest BCUT2D eigenvalue weighted by molar-refractivity contribution is -0.161. The first-order chi connectivity index (χ1) is 11.7. The van der Waals surface area contributed by atoms with Gasteiger partial charge in [-0.1, -0.05) is 0 Å². The summed E-state index contributed by atoms with van der Waals surface area (Å²) in [6, 6.07) is 7.29. The molecule has 0 unspecified atom stereocenters. The van der Waals surface area contributed by atoms with E-state index in [2.05, 4.69) is 10.2 Å². The summed E-state index contributed by atoms with van der Waals surface area (Å²) in [6.45, 7) is 0. The molecular weight excluding hydrogens is 304 g/mol. The Morgan fingerprint density at radius 2 is 1.67 bits per heavy atom. The van der Waals surface area contributed by atoms with Crippen molar-refractivity contribution < 1.29 is 13.9 Å². The van der Waals surface area contributed by atoms with Crippen LogP contribution in [0, 0.1) is 23.2 Å². The minimum atomic E-state index is -0.222. The van der Waals surface area contributed by atoms with Gasteiger partial charge in [0.25, 0.3) is 0 Å². The SMILES string of the molecule is O=C(Oc1ccc(-c2nnco2)cc1)C12CC3CC(CC(C3)C1)C2. The summed E-state index contributed by atoms with van der Waals surface area (Å²) in [6.07, 6.45) is 8.35.